The standard InChI is InChI=1S/C21H26N4O/c1-14(21(22)26)23-12-18(15-8-10-16(11-9-15)25(2)3)19-13-24-20-7-5-4-6-17(19)20/h4-11,13-14,18,23-24H,12H2,1-3H3,(H2,22,26)/t14-,18+/m0/s1. The Morgan fingerprint density at radius 3 is 2.50 bits per heavy atom. The highest BCUT2D eigenvalue weighted by Crippen LogP contribution is 2.31. The van der Waals surface area contributed by atoms with E-state index in [9.17, 15) is 4.79 Å². The van der Waals surface area contributed by atoms with E-state index < -0.39 is 0 Å². The number of hydrogen-bond acceptors (Lipinski definition) is 3. The summed E-state index contributed by atoms with van der Waals surface area (Å²) in [4.78, 5) is 16.8. The normalized spacial score (nSPS) is 13.5. The van der Waals surface area contributed by atoms with Crippen LogP contribution in [0.2, 0.25) is 0 Å². The Kier molecular flexibility index (Phi) is 5.28. The summed E-state index contributed by atoms with van der Waals surface area (Å²) < 4.78 is 0. The fourth-order valence-corrected chi connectivity index (χ4v) is 3.19. The lowest BCUT2D eigenvalue weighted by molar-refractivity contribution is -0.119. The Morgan fingerprint density at radius 1 is 1.15 bits per heavy atom. The van der Waals surface area contributed by atoms with Crippen LogP contribution in [0.15, 0.2) is 54.7 Å². The van der Waals surface area contributed by atoms with Gasteiger partial charge in [-0.3, -0.25) is 4.79 Å². The Morgan fingerprint density at radius 2 is 1.85 bits per heavy atom. The van der Waals surface area contributed by atoms with E-state index in [4.69, 9.17) is 5.73 Å². The number of para-hydroxylation sites is 1. The van der Waals surface area contributed by atoms with E-state index >= 15 is 0 Å². The molecule has 3 aromatic rings. The van der Waals surface area contributed by atoms with Crippen molar-refractivity contribution in [3.8, 4) is 0 Å². The number of benzene rings is 2. The van der Waals surface area contributed by atoms with E-state index in [-0.39, 0.29) is 17.9 Å². The van der Waals surface area contributed by atoms with Gasteiger partial charge in [-0.15, -0.1) is 0 Å². The SMILES string of the molecule is C[C@H](NC[C@H](c1ccc(N(C)C)cc1)c1c[nH]c2ccccc12)C(N)=O. The van der Waals surface area contributed by atoms with Gasteiger partial charge in [0, 0.05) is 49.3 Å². The number of anilines is 1. The number of hydrogen-bond donors (Lipinski definition) is 3. The molecule has 1 heterocycles. The predicted molar refractivity (Wildman–Crippen MR) is 108 cm³/mol. The number of carbonyl (C=O) groups is 1. The molecule has 0 aliphatic rings. The third kappa shape index (κ3) is 3.73. The summed E-state index contributed by atoms with van der Waals surface area (Å²) >= 11 is 0. The second-order valence-corrected chi connectivity index (χ2v) is 6.86. The predicted octanol–water partition coefficient (Wildman–Crippen LogP) is 2.83. The highest BCUT2D eigenvalue weighted by Gasteiger charge is 2.20. The topological polar surface area (TPSA) is 74.2 Å². The van der Waals surface area contributed by atoms with Crippen LogP contribution in [-0.2, 0) is 4.79 Å². The van der Waals surface area contributed by atoms with Crippen LogP contribution >= 0.6 is 0 Å². The van der Waals surface area contributed by atoms with Crippen LogP contribution in [-0.4, -0.2) is 37.6 Å². The average molecular weight is 350 g/mol. The van der Waals surface area contributed by atoms with Gasteiger partial charge in [0.2, 0.25) is 5.91 Å². The maximum absolute atomic E-state index is 11.4. The van der Waals surface area contributed by atoms with Gasteiger partial charge in [0.1, 0.15) is 0 Å². The zero-order valence-corrected chi connectivity index (χ0v) is 15.5. The molecule has 4 N–H and O–H groups in total. The summed E-state index contributed by atoms with van der Waals surface area (Å²) in [5, 5.41) is 4.47. The van der Waals surface area contributed by atoms with Crippen LogP contribution in [0.1, 0.15) is 24.0 Å². The third-order valence-corrected chi connectivity index (χ3v) is 4.86. The summed E-state index contributed by atoms with van der Waals surface area (Å²) in [7, 11) is 4.06. The van der Waals surface area contributed by atoms with Crippen molar-refractivity contribution in [3.05, 3.63) is 65.9 Å². The molecular formula is C21H26N4O. The van der Waals surface area contributed by atoms with Gasteiger partial charge < -0.3 is 20.9 Å². The second kappa shape index (κ2) is 7.62. The number of H-pyrrole nitrogens is 1. The van der Waals surface area contributed by atoms with E-state index in [0.29, 0.717) is 6.54 Å². The molecule has 2 aromatic carbocycles. The van der Waals surface area contributed by atoms with Gasteiger partial charge >= 0.3 is 0 Å². The summed E-state index contributed by atoms with van der Waals surface area (Å²) in [5.41, 5.74) is 10.1. The molecular weight excluding hydrogens is 324 g/mol. The van der Waals surface area contributed by atoms with Crippen LogP contribution in [0.4, 0.5) is 5.69 Å². The van der Waals surface area contributed by atoms with Crippen molar-refractivity contribution in [2.45, 2.75) is 18.9 Å². The molecule has 2 atom stereocenters. The molecule has 26 heavy (non-hydrogen) atoms. The van der Waals surface area contributed by atoms with E-state index in [0.717, 1.165) is 11.2 Å². The number of fused-ring (bicyclic) bond motifs is 1. The number of carbonyl (C=O) groups excluding carboxylic acids is 1. The van der Waals surface area contributed by atoms with Crippen molar-refractivity contribution >= 4 is 22.5 Å². The fourth-order valence-electron chi connectivity index (χ4n) is 3.19. The Hall–Kier alpha value is -2.79. The summed E-state index contributed by atoms with van der Waals surface area (Å²) in [6.45, 7) is 2.43. The van der Waals surface area contributed by atoms with Crippen molar-refractivity contribution in [1.29, 1.82) is 0 Å². The summed E-state index contributed by atoms with van der Waals surface area (Å²) in [5.74, 6) is -0.227. The molecule has 5 nitrogen and oxygen atoms in total. The molecule has 3 rings (SSSR count). The zero-order chi connectivity index (χ0) is 18.7. The highest BCUT2D eigenvalue weighted by molar-refractivity contribution is 5.84. The molecule has 0 radical (unpaired) electrons. The Labute approximate surface area is 154 Å². The van der Waals surface area contributed by atoms with Crippen molar-refractivity contribution in [1.82, 2.24) is 10.3 Å². The quantitative estimate of drug-likeness (QED) is 0.613. The molecule has 5 heteroatoms. The third-order valence-electron chi connectivity index (χ3n) is 4.86. The van der Waals surface area contributed by atoms with Crippen molar-refractivity contribution in [2.75, 3.05) is 25.5 Å². The molecule has 0 saturated heterocycles. The minimum Gasteiger partial charge on any atom is -0.378 e. The molecule has 0 aliphatic carbocycles. The molecule has 1 amide bonds. The number of aromatic nitrogens is 1. The number of nitrogens with one attached hydrogen (secondary N) is 2. The monoisotopic (exact) mass is 350 g/mol. The first-order chi connectivity index (χ1) is 12.5. The minimum atomic E-state index is -0.372. The van der Waals surface area contributed by atoms with Crippen molar-refractivity contribution < 1.29 is 4.79 Å². The van der Waals surface area contributed by atoms with Gasteiger partial charge in [-0.25, -0.2) is 0 Å². The van der Waals surface area contributed by atoms with E-state index in [1.807, 2.05) is 26.2 Å². The maximum atomic E-state index is 11.4. The number of nitrogens with zero attached hydrogens (tertiary/aromatic N) is 1. The van der Waals surface area contributed by atoms with Crippen LogP contribution in [0.5, 0.6) is 0 Å². The first-order valence-electron chi connectivity index (χ1n) is 8.83. The van der Waals surface area contributed by atoms with Crippen LogP contribution < -0.4 is 16.0 Å². The molecule has 0 saturated carbocycles. The molecule has 0 aliphatic heterocycles. The average Bonchev–Trinajstić information content (AvgIpc) is 3.06. The van der Waals surface area contributed by atoms with Crippen LogP contribution in [0, 0.1) is 0 Å². The van der Waals surface area contributed by atoms with Gasteiger partial charge in [-0.1, -0.05) is 30.3 Å². The zero-order valence-electron chi connectivity index (χ0n) is 15.5. The smallest absolute Gasteiger partial charge is 0.234 e. The Bertz CT molecular complexity index is 882. The molecule has 136 valence electrons. The molecule has 0 fully saturated rings. The lowest BCUT2D eigenvalue weighted by Gasteiger charge is -2.21. The highest BCUT2D eigenvalue weighted by atomic mass is 16.1. The van der Waals surface area contributed by atoms with Crippen LogP contribution in [0.3, 0.4) is 0 Å². The Balaban J connectivity index is 1.97. The lowest BCUT2D eigenvalue weighted by Crippen LogP contribution is -2.40. The van der Waals surface area contributed by atoms with E-state index in [2.05, 4.69) is 57.8 Å². The molecule has 0 bridgehead atoms. The van der Waals surface area contributed by atoms with E-state index in [1.54, 1.807) is 6.92 Å². The molecule has 0 spiro atoms. The number of rotatable bonds is 7. The molecule has 0 unspecified atom stereocenters. The van der Waals surface area contributed by atoms with Gasteiger partial charge in [-0.2, -0.15) is 0 Å². The summed E-state index contributed by atoms with van der Waals surface area (Å²) in [6, 6.07) is 16.4. The summed E-state index contributed by atoms with van der Waals surface area (Å²) in [6.07, 6.45) is 2.06. The van der Waals surface area contributed by atoms with Crippen molar-refractivity contribution in [3.63, 3.8) is 0 Å². The van der Waals surface area contributed by atoms with E-state index in [1.165, 1.54) is 16.5 Å². The number of aromatic amines is 1. The van der Waals surface area contributed by atoms with Gasteiger partial charge in [0.15, 0.2) is 0 Å². The number of nitrogens with two attached hydrogens (primary N) is 1. The van der Waals surface area contributed by atoms with Crippen molar-refractivity contribution in [2.24, 2.45) is 5.73 Å². The number of primary amides is 1. The second-order valence-electron chi connectivity index (χ2n) is 6.86. The fraction of sp³-hybridized carbons (Fsp3) is 0.286. The van der Waals surface area contributed by atoms with Gasteiger partial charge in [-0.05, 0) is 36.2 Å². The van der Waals surface area contributed by atoms with Gasteiger partial charge in [0.05, 0.1) is 6.04 Å². The first kappa shape index (κ1) is 18.0. The maximum Gasteiger partial charge on any atom is 0.234 e. The minimum absolute atomic E-state index is 0.115. The van der Waals surface area contributed by atoms with Crippen LogP contribution in [0.25, 0.3) is 10.9 Å². The van der Waals surface area contributed by atoms with Gasteiger partial charge in [0.25, 0.3) is 0 Å². The number of amides is 1. The first-order valence-corrected chi connectivity index (χ1v) is 8.83. The lowest BCUT2D eigenvalue weighted by atomic mass is 9.90. The molecule has 1 aromatic heterocycles. The largest absolute Gasteiger partial charge is 0.378 e.